The van der Waals surface area contributed by atoms with Crippen molar-refractivity contribution in [2.24, 2.45) is 0 Å². The lowest BCUT2D eigenvalue weighted by Gasteiger charge is -2.18. The maximum Gasteiger partial charge on any atom is 0.156 e. The van der Waals surface area contributed by atoms with E-state index in [0.29, 0.717) is 0 Å². The Kier molecular flexibility index (Phi) is 1.89. The van der Waals surface area contributed by atoms with E-state index in [1.165, 1.54) is 0 Å². The van der Waals surface area contributed by atoms with E-state index in [-0.39, 0.29) is 5.54 Å². The second kappa shape index (κ2) is 2.57. The summed E-state index contributed by atoms with van der Waals surface area (Å²) in [6, 6.07) is 0. The van der Waals surface area contributed by atoms with Crippen molar-refractivity contribution in [3.63, 3.8) is 0 Å². The van der Waals surface area contributed by atoms with Crippen molar-refractivity contribution in [2.75, 3.05) is 7.11 Å². The molecule has 0 aliphatic heterocycles. The van der Waals surface area contributed by atoms with Gasteiger partial charge < -0.3 is 4.74 Å². The van der Waals surface area contributed by atoms with E-state index in [0.717, 1.165) is 5.75 Å². The monoisotopic (exact) mass is 154 g/mol. The van der Waals surface area contributed by atoms with Crippen LogP contribution in [0.25, 0.3) is 0 Å². The van der Waals surface area contributed by atoms with Crippen LogP contribution in [0, 0.1) is 0 Å². The maximum atomic E-state index is 5.01. The molecule has 0 spiro atoms. The summed E-state index contributed by atoms with van der Waals surface area (Å²) in [7, 11) is 1.64. The van der Waals surface area contributed by atoms with Crippen LogP contribution >= 0.6 is 0 Å². The summed E-state index contributed by atoms with van der Waals surface area (Å²) in [5.74, 6) is 0.805. The third-order valence-electron chi connectivity index (χ3n) is 1.48. The van der Waals surface area contributed by atoms with E-state index >= 15 is 0 Å². The molecule has 0 saturated heterocycles. The standard InChI is InChI=1S/C8H14N2O/c1-8(2,3)10-6-7(11-4)5-9-10/h5-6H,1-4H3. The van der Waals surface area contributed by atoms with Crippen molar-refractivity contribution in [2.45, 2.75) is 26.3 Å². The minimum atomic E-state index is 0.0385. The number of ether oxygens (including phenoxy) is 1. The van der Waals surface area contributed by atoms with E-state index < -0.39 is 0 Å². The van der Waals surface area contributed by atoms with Crippen LogP contribution in [0.15, 0.2) is 12.4 Å². The van der Waals surface area contributed by atoms with Crippen LogP contribution in [-0.2, 0) is 5.54 Å². The van der Waals surface area contributed by atoms with Gasteiger partial charge in [0, 0.05) is 0 Å². The summed E-state index contributed by atoms with van der Waals surface area (Å²) in [5.41, 5.74) is 0.0385. The van der Waals surface area contributed by atoms with Gasteiger partial charge in [-0.25, -0.2) is 0 Å². The van der Waals surface area contributed by atoms with Crippen LogP contribution in [-0.4, -0.2) is 16.9 Å². The molecule has 0 aromatic carbocycles. The highest BCUT2D eigenvalue weighted by atomic mass is 16.5. The molecule has 0 amide bonds. The van der Waals surface area contributed by atoms with Gasteiger partial charge in [-0.15, -0.1) is 0 Å². The molecule has 0 aliphatic carbocycles. The highest BCUT2D eigenvalue weighted by Gasteiger charge is 2.13. The number of hydrogen-bond acceptors (Lipinski definition) is 2. The molecule has 1 rings (SSSR count). The van der Waals surface area contributed by atoms with Crippen molar-refractivity contribution in [3.8, 4) is 5.75 Å². The molecule has 11 heavy (non-hydrogen) atoms. The molecule has 1 aromatic rings. The summed E-state index contributed by atoms with van der Waals surface area (Å²) < 4.78 is 6.89. The van der Waals surface area contributed by atoms with Crippen molar-refractivity contribution >= 4 is 0 Å². The predicted molar refractivity (Wildman–Crippen MR) is 43.8 cm³/mol. The molecule has 0 aliphatic rings. The Morgan fingerprint density at radius 1 is 1.45 bits per heavy atom. The fourth-order valence-electron chi connectivity index (χ4n) is 0.779. The first kappa shape index (κ1) is 8.11. The summed E-state index contributed by atoms with van der Waals surface area (Å²) in [5, 5.41) is 4.15. The maximum absolute atomic E-state index is 5.01. The lowest BCUT2D eigenvalue weighted by Crippen LogP contribution is -2.21. The molecule has 0 N–H and O–H groups in total. The number of rotatable bonds is 1. The molecule has 1 aromatic heterocycles. The molecule has 0 unspecified atom stereocenters. The first-order valence-corrected chi connectivity index (χ1v) is 3.63. The van der Waals surface area contributed by atoms with Gasteiger partial charge in [0.25, 0.3) is 0 Å². The fourth-order valence-corrected chi connectivity index (χ4v) is 0.779. The normalized spacial score (nSPS) is 11.6. The zero-order valence-corrected chi connectivity index (χ0v) is 7.46. The Morgan fingerprint density at radius 2 is 2.09 bits per heavy atom. The van der Waals surface area contributed by atoms with E-state index in [2.05, 4.69) is 25.9 Å². The molecule has 1 heterocycles. The minimum absolute atomic E-state index is 0.0385. The Labute approximate surface area is 67.0 Å². The van der Waals surface area contributed by atoms with Gasteiger partial charge in [-0.05, 0) is 20.8 Å². The molecule has 0 saturated carbocycles. The van der Waals surface area contributed by atoms with Gasteiger partial charge in [-0.3, -0.25) is 4.68 Å². The molecular weight excluding hydrogens is 140 g/mol. The molecule has 0 atom stereocenters. The Hall–Kier alpha value is -0.990. The Morgan fingerprint density at radius 3 is 2.36 bits per heavy atom. The minimum Gasteiger partial charge on any atom is -0.493 e. The molecular formula is C8H14N2O. The SMILES string of the molecule is COc1cnn(C(C)(C)C)c1. The van der Waals surface area contributed by atoms with Crippen LogP contribution in [0.5, 0.6) is 5.75 Å². The van der Waals surface area contributed by atoms with Gasteiger partial charge in [-0.2, -0.15) is 5.10 Å². The molecule has 3 nitrogen and oxygen atoms in total. The van der Waals surface area contributed by atoms with Gasteiger partial charge in [-0.1, -0.05) is 0 Å². The number of nitrogens with zero attached hydrogens (tertiary/aromatic N) is 2. The van der Waals surface area contributed by atoms with Gasteiger partial charge in [0.1, 0.15) is 0 Å². The number of methoxy groups -OCH3 is 1. The van der Waals surface area contributed by atoms with E-state index in [9.17, 15) is 0 Å². The third kappa shape index (κ3) is 1.73. The van der Waals surface area contributed by atoms with Gasteiger partial charge in [0.2, 0.25) is 0 Å². The second-order valence-electron chi connectivity index (χ2n) is 3.50. The summed E-state index contributed by atoms with van der Waals surface area (Å²) in [4.78, 5) is 0. The quantitative estimate of drug-likeness (QED) is 0.615. The van der Waals surface area contributed by atoms with Gasteiger partial charge in [0.15, 0.2) is 5.75 Å². The summed E-state index contributed by atoms with van der Waals surface area (Å²) in [6.07, 6.45) is 3.60. The van der Waals surface area contributed by atoms with Crippen molar-refractivity contribution in [1.82, 2.24) is 9.78 Å². The molecule has 0 fully saturated rings. The summed E-state index contributed by atoms with van der Waals surface area (Å²) >= 11 is 0. The average Bonchev–Trinajstić information content (AvgIpc) is 2.32. The molecule has 62 valence electrons. The highest BCUT2D eigenvalue weighted by Crippen LogP contribution is 2.16. The third-order valence-corrected chi connectivity index (χ3v) is 1.48. The van der Waals surface area contributed by atoms with Crippen LogP contribution in [0.2, 0.25) is 0 Å². The van der Waals surface area contributed by atoms with E-state index in [1.54, 1.807) is 13.3 Å². The van der Waals surface area contributed by atoms with Gasteiger partial charge >= 0.3 is 0 Å². The predicted octanol–water partition coefficient (Wildman–Crippen LogP) is 1.65. The first-order valence-electron chi connectivity index (χ1n) is 3.63. The van der Waals surface area contributed by atoms with Crippen LogP contribution in [0.3, 0.4) is 0 Å². The van der Waals surface area contributed by atoms with Crippen molar-refractivity contribution in [3.05, 3.63) is 12.4 Å². The van der Waals surface area contributed by atoms with Crippen molar-refractivity contribution < 1.29 is 4.74 Å². The van der Waals surface area contributed by atoms with Crippen LogP contribution < -0.4 is 4.74 Å². The smallest absolute Gasteiger partial charge is 0.156 e. The van der Waals surface area contributed by atoms with Crippen LogP contribution in [0.1, 0.15) is 20.8 Å². The van der Waals surface area contributed by atoms with E-state index in [1.807, 2.05) is 10.9 Å². The van der Waals surface area contributed by atoms with Gasteiger partial charge in [0.05, 0.1) is 25.0 Å². The second-order valence-corrected chi connectivity index (χ2v) is 3.50. The lowest BCUT2D eigenvalue weighted by molar-refractivity contribution is 0.351. The Bertz CT molecular complexity index is 234. The first-order chi connectivity index (χ1) is 5.04. The zero-order chi connectivity index (χ0) is 8.48. The lowest BCUT2D eigenvalue weighted by atomic mass is 10.1. The van der Waals surface area contributed by atoms with E-state index in [4.69, 9.17) is 4.74 Å². The topological polar surface area (TPSA) is 27.1 Å². The molecule has 3 heteroatoms. The number of aromatic nitrogens is 2. The fraction of sp³-hybridized carbons (Fsp3) is 0.625. The van der Waals surface area contributed by atoms with Crippen LogP contribution in [0.4, 0.5) is 0 Å². The largest absolute Gasteiger partial charge is 0.493 e. The molecule has 0 bridgehead atoms. The zero-order valence-electron chi connectivity index (χ0n) is 7.46. The molecule has 0 radical (unpaired) electrons. The van der Waals surface area contributed by atoms with Crippen molar-refractivity contribution in [1.29, 1.82) is 0 Å². The highest BCUT2D eigenvalue weighted by molar-refractivity contribution is 5.12. The summed E-state index contributed by atoms with van der Waals surface area (Å²) in [6.45, 7) is 6.29. The Balaban J connectivity index is 2.89. The average molecular weight is 154 g/mol. The number of hydrogen-bond donors (Lipinski definition) is 0.